The van der Waals surface area contributed by atoms with Crippen LogP contribution in [0.25, 0.3) is 0 Å². The summed E-state index contributed by atoms with van der Waals surface area (Å²) in [5, 5.41) is 0.270. The first-order chi connectivity index (χ1) is 7.97. The molecule has 17 heavy (non-hydrogen) atoms. The normalized spacial score (nSPS) is 11.4. The van der Waals surface area contributed by atoms with Crippen molar-refractivity contribution in [1.82, 2.24) is 4.98 Å². The van der Waals surface area contributed by atoms with E-state index in [2.05, 4.69) is 9.71 Å². The lowest BCUT2D eigenvalue weighted by Crippen LogP contribution is -2.12. The molecule has 0 atom stereocenters. The molecule has 0 aliphatic rings. The molecule has 4 nitrogen and oxygen atoms in total. The fraction of sp³-hybridized carbons (Fsp3) is 0.100. The Labute approximate surface area is 102 Å². The van der Waals surface area contributed by atoms with Crippen LogP contribution in [0.1, 0.15) is 4.88 Å². The maximum atomic E-state index is 12.9. The Morgan fingerprint density at radius 3 is 2.76 bits per heavy atom. The molecule has 0 bridgehead atoms. The van der Waals surface area contributed by atoms with E-state index >= 15 is 0 Å². The van der Waals surface area contributed by atoms with Crippen LogP contribution in [0.4, 0.5) is 9.52 Å². The van der Waals surface area contributed by atoms with Gasteiger partial charge < -0.3 is 0 Å². The van der Waals surface area contributed by atoms with Gasteiger partial charge in [0, 0.05) is 11.1 Å². The van der Waals surface area contributed by atoms with E-state index in [1.807, 2.05) is 6.92 Å². The van der Waals surface area contributed by atoms with Crippen molar-refractivity contribution < 1.29 is 12.8 Å². The van der Waals surface area contributed by atoms with Gasteiger partial charge in [-0.1, -0.05) is 6.07 Å². The average molecular weight is 272 g/mol. The van der Waals surface area contributed by atoms with E-state index in [0.29, 0.717) is 0 Å². The molecular formula is C10H9FN2O2S2. The van der Waals surface area contributed by atoms with Crippen LogP contribution in [0.5, 0.6) is 0 Å². The molecule has 90 valence electrons. The van der Waals surface area contributed by atoms with Crippen molar-refractivity contribution in [3.05, 3.63) is 41.2 Å². The van der Waals surface area contributed by atoms with Crippen LogP contribution in [0.15, 0.2) is 35.4 Å². The fourth-order valence-corrected chi connectivity index (χ4v) is 3.15. The Morgan fingerprint density at radius 2 is 2.18 bits per heavy atom. The van der Waals surface area contributed by atoms with Gasteiger partial charge in [0.1, 0.15) is 5.82 Å². The average Bonchev–Trinajstić information content (AvgIpc) is 2.63. The van der Waals surface area contributed by atoms with Gasteiger partial charge in [0.25, 0.3) is 10.0 Å². The molecule has 0 aliphatic carbocycles. The maximum Gasteiger partial charge on any atom is 0.263 e. The predicted octanol–water partition coefficient (Wildman–Crippen LogP) is 2.39. The van der Waals surface area contributed by atoms with Crippen LogP contribution in [-0.2, 0) is 10.0 Å². The molecular weight excluding hydrogens is 263 g/mol. The Kier molecular flexibility index (Phi) is 3.12. The molecule has 0 saturated carbocycles. The van der Waals surface area contributed by atoms with Gasteiger partial charge in [-0.2, -0.15) is 0 Å². The molecule has 1 aromatic heterocycles. The number of hydrogen-bond acceptors (Lipinski definition) is 4. The number of aryl methyl sites for hydroxylation is 1. The summed E-state index contributed by atoms with van der Waals surface area (Å²) in [7, 11) is -3.76. The lowest BCUT2D eigenvalue weighted by Gasteiger charge is -2.04. The number of aromatic nitrogens is 1. The third kappa shape index (κ3) is 2.80. The molecule has 1 N–H and O–H groups in total. The highest BCUT2D eigenvalue weighted by Crippen LogP contribution is 2.21. The van der Waals surface area contributed by atoms with E-state index in [4.69, 9.17) is 0 Å². The molecule has 1 heterocycles. The minimum atomic E-state index is -3.76. The van der Waals surface area contributed by atoms with Gasteiger partial charge >= 0.3 is 0 Å². The Morgan fingerprint density at radius 1 is 1.41 bits per heavy atom. The number of nitrogens with zero attached hydrogens (tertiary/aromatic N) is 1. The first-order valence-corrected chi connectivity index (χ1v) is 6.98. The number of halogens is 1. The SMILES string of the molecule is Cc1cnc(NS(=O)(=O)c2cccc(F)c2)s1. The molecule has 2 rings (SSSR count). The minimum absolute atomic E-state index is 0.120. The van der Waals surface area contributed by atoms with E-state index in [1.54, 1.807) is 6.20 Å². The molecule has 0 radical (unpaired) electrons. The Balaban J connectivity index is 2.31. The van der Waals surface area contributed by atoms with Crippen molar-refractivity contribution in [2.45, 2.75) is 11.8 Å². The molecule has 7 heteroatoms. The van der Waals surface area contributed by atoms with E-state index in [0.717, 1.165) is 10.9 Å². The molecule has 2 aromatic rings. The summed E-state index contributed by atoms with van der Waals surface area (Å²) in [4.78, 5) is 4.65. The zero-order valence-electron chi connectivity index (χ0n) is 8.84. The first-order valence-electron chi connectivity index (χ1n) is 4.68. The van der Waals surface area contributed by atoms with E-state index in [1.165, 1.54) is 29.5 Å². The second-order valence-electron chi connectivity index (χ2n) is 3.34. The van der Waals surface area contributed by atoms with E-state index < -0.39 is 15.8 Å². The number of nitrogens with one attached hydrogen (secondary N) is 1. The van der Waals surface area contributed by atoms with Crippen molar-refractivity contribution in [1.29, 1.82) is 0 Å². The monoisotopic (exact) mass is 272 g/mol. The number of hydrogen-bond donors (Lipinski definition) is 1. The van der Waals surface area contributed by atoms with Crippen molar-refractivity contribution in [2.24, 2.45) is 0 Å². The zero-order valence-corrected chi connectivity index (χ0v) is 10.5. The summed E-state index contributed by atoms with van der Waals surface area (Å²) in [5.41, 5.74) is 0. The van der Waals surface area contributed by atoms with Crippen molar-refractivity contribution in [2.75, 3.05) is 4.72 Å². The Bertz CT molecular complexity index is 637. The standard InChI is InChI=1S/C10H9FN2O2S2/c1-7-6-12-10(16-7)13-17(14,15)9-4-2-3-8(11)5-9/h2-6H,1H3,(H,12,13). The summed E-state index contributed by atoms with van der Waals surface area (Å²) in [5.74, 6) is -0.594. The van der Waals surface area contributed by atoms with E-state index in [9.17, 15) is 12.8 Å². The van der Waals surface area contributed by atoms with Gasteiger partial charge in [-0.05, 0) is 25.1 Å². The largest absolute Gasteiger partial charge is 0.263 e. The third-order valence-corrected chi connectivity index (χ3v) is 4.24. The highest BCUT2D eigenvalue weighted by Gasteiger charge is 2.16. The van der Waals surface area contributed by atoms with Gasteiger partial charge in [-0.3, -0.25) is 4.72 Å². The lowest BCUT2D eigenvalue weighted by molar-refractivity contribution is 0.595. The highest BCUT2D eigenvalue weighted by molar-refractivity contribution is 7.93. The number of anilines is 1. The Hall–Kier alpha value is -1.47. The molecule has 0 saturated heterocycles. The molecule has 0 spiro atoms. The third-order valence-electron chi connectivity index (χ3n) is 1.95. The summed E-state index contributed by atoms with van der Waals surface area (Å²) in [6.07, 6.45) is 1.56. The summed E-state index contributed by atoms with van der Waals surface area (Å²) in [6.45, 7) is 1.82. The van der Waals surface area contributed by atoms with Gasteiger partial charge in [0.15, 0.2) is 5.13 Å². The molecule has 1 aromatic carbocycles. The van der Waals surface area contributed by atoms with Crippen LogP contribution >= 0.6 is 11.3 Å². The lowest BCUT2D eigenvalue weighted by atomic mass is 10.4. The van der Waals surface area contributed by atoms with Crippen LogP contribution in [0, 0.1) is 12.7 Å². The molecule has 0 fully saturated rings. The first kappa shape index (κ1) is 12.0. The highest BCUT2D eigenvalue weighted by atomic mass is 32.2. The second kappa shape index (κ2) is 4.42. The van der Waals surface area contributed by atoms with Gasteiger partial charge in [-0.25, -0.2) is 17.8 Å². The van der Waals surface area contributed by atoms with Crippen LogP contribution < -0.4 is 4.72 Å². The van der Waals surface area contributed by atoms with Gasteiger partial charge in [0.2, 0.25) is 0 Å². The van der Waals surface area contributed by atoms with Crippen LogP contribution in [0.2, 0.25) is 0 Å². The van der Waals surface area contributed by atoms with Crippen molar-refractivity contribution in [3.8, 4) is 0 Å². The number of thiazole rings is 1. The summed E-state index contributed by atoms with van der Waals surface area (Å²) >= 11 is 1.22. The van der Waals surface area contributed by atoms with Crippen molar-refractivity contribution >= 4 is 26.5 Å². The molecule has 0 aliphatic heterocycles. The number of rotatable bonds is 3. The summed E-state index contributed by atoms with van der Waals surface area (Å²) in [6, 6.07) is 4.82. The second-order valence-corrected chi connectivity index (χ2v) is 6.26. The molecule has 0 amide bonds. The maximum absolute atomic E-state index is 12.9. The topological polar surface area (TPSA) is 59.1 Å². The van der Waals surface area contributed by atoms with Gasteiger partial charge in [0.05, 0.1) is 4.90 Å². The van der Waals surface area contributed by atoms with E-state index in [-0.39, 0.29) is 10.0 Å². The minimum Gasteiger partial charge on any atom is -0.255 e. The van der Waals surface area contributed by atoms with Crippen LogP contribution in [-0.4, -0.2) is 13.4 Å². The van der Waals surface area contributed by atoms with Gasteiger partial charge in [-0.15, -0.1) is 11.3 Å². The number of benzene rings is 1. The smallest absolute Gasteiger partial charge is 0.255 e. The number of sulfonamides is 1. The molecule has 0 unspecified atom stereocenters. The fourth-order valence-electron chi connectivity index (χ4n) is 1.21. The zero-order chi connectivity index (χ0) is 12.5. The quantitative estimate of drug-likeness (QED) is 0.933. The van der Waals surface area contributed by atoms with Crippen LogP contribution in [0.3, 0.4) is 0 Å². The summed E-state index contributed by atoms with van der Waals surface area (Å²) < 4.78 is 38.9. The predicted molar refractivity (Wildman–Crippen MR) is 64.1 cm³/mol. The van der Waals surface area contributed by atoms with Crippen molar-refractivity contribution in [3.63, 3.8) is 0 Å².